The number of aliphatic imine (C=N–C) groups is 1. The van der Waals surface area contributed by atoms with Gasteiger partial charge in [-0.3, -0.25) is 4.99 Å². The number of carbonyl (C=O) groups is 2. The molecule has 1 spiro atoms. The van der Waals surface area contributed by atoms with Crippen LogP contribution in [-0.2, 0) is 14.3 Å². The molecule has 1 aromatic carbocycles. The van der Waals surface area contributed by atoms with Crippen LogP contribution in [0, 0.1) is 17.7 Å². The number of nitrogens with zero attached hydrogens (tertiary/aromatic N) is 2. The molecule has 2 heterocycles. The summed E-state index contributed by atoms with van der Waals surface area (Å²) >= 11 is 0. The van der Waals surface area contributed by atoms with E-state index in [1.165, 1.54) is 37.1 Å². The lowest BCUT2D eigenvalue weighted by molar-refractivity contribution is -0.165. The summed E-state index contributed by atoms with van der Waals surface area (Å²) in [5, 5.41) is 32.5. The zero-order chi connectivity index (χ0) is 24.5. The third-order valence-electron chi connectivity index (χ3n) is 7.69. The van der Waals surface area contributed by atoms with Gasteiger partial charge in [0, 0.05) is 25.4 Å². The summed E-state index contributed by atoms with van der Waals surface area (Å²) in [6.07, 6.45) is 1.68. The van der Waals surface area contributed by atoms with Crippen molar-refractivity contribution >= 4 is 17.8 Å². The van der Waals surface area contributed by atoms with Crippen molar-refractivity contribution < 1.29 is 39.1 Å². The Hall–Kier alpha value is -2.56. The lowest BCUT2D eigenvalue weighted by Gasteiger charge is -2.39. The predicted molar refractivity (Wildman–Crippen MR) is 119 cm³/mol. The fraction of sp³-hybridized carbons (Fsp3) is 0.625. The van der Waals surface area contributed by atoms with Gasteiger partial charge in [0.15, 0.2) is 12.2 Å². The maximum Gasteiger partial charge on any atom is 0.335 e. The van der Waals surface area contributed by atoms with Gasteiger partial charge in [-0.15, -0.1) is 0 Å². The van der Waals surface area contributed by atoms with Gasteiger partial charge in [-0.2, -0.15) is 0 Å². The molecule has 2 bridgehead atoms. The Balaban J connectivity index is 0.000000235. The second-order valence-corrected chi connectivity index (χ2v) is 9.48. The number of morpholine rings is 1. The molecule has 6 atom stereocenters. The number of aliphatic hydroxyl groups excluding tert-OH is 2. The van der Waals surface area contributed by atoms with Gasteiger partial charge in [-0.05, 0) is 55.2 Å². The van der Waals surface area contributed by atoms with E-state index in [4.69, 9.17) is 30.2 Å². The Kier molecular flexibility index (Phi) is 7.20. The molecule has 6 unspecified atom stereocenters. The van der Waals surface area contributed by atoms with E-state index >= 15 is 0 Å². The average molecular weight is 479 g/mol. The zero-order valence-electron chi connectivity index (χ0n) is 18.8. The molecule has 5 rings (SSSR count). The van der Waals surface area contributed by atoms with Gasteiger partial charge in [-0.1, -0.05) is 12.1 Å². The maximum absolute atomic E-state index is 13.4. The van der Waals surface area contributed by atoms with Crippen LogP contribution in [0.3, 0.4) is 0 Å². The van der Waals surface area contributed by atoms with Crippen LogP contribution in [0.2, 0.25) is 0 Å². The van der Waals surface area contributed by atoms with Crippen LogP contribution in [0.4, 0.5) is 4.39 Å². The number of hydrogen-bond acceptors (Lipinski definition) is 7. The molecule has 0 aromatic heterocycles. The molecular weight excluding hydrogens is 447 g/mol. The monoisotopic (exact) mass is 478 g/mol. The highest BCUT2D eigenvalue weighted by Gasteiger charge is 2.60. The van der Waals surface area contributed by atoms with E-state index in [9.17, 15) is 14.0 Å². The van der Waals surface area contributed by atoms with E-state index in [1.54, 1.807) is 12.1 Å². The molecule has 186 valence electrons. The second kappa shape index (κ2) is 9.97. The SMILES string of the molecule is Fc1ccc(C2C3CCC(C3)C23CCC(N2CCOCC2)=N3)cc1.O=C(O)C(O)C(O)C(=O)O. The summed E-state index contributed by atoms with van der Waals surface area (Å²) in [6, 6.07) is 7.25. The van der Waals surface area contributed by atoms with Gasteiger partial charge in [-0.25, -0.2) is 14.0 Å². The molecule has 10 heteroatoms. The summed E-state index contributed by atoms with van der Waals surface area (Å²) in [6.45, 7) is 3.59. The Morgan fingerprint density at radius 3 is 2.26 bits per heavy atom. The highest BCUT2D eigenvalue weighted by atomic mass is 19.1. The maximum atomic E-state index is 13.4. The van der Waals surface area contributed by atoms with Gasteiger partial charge >= 0.3 is 11.9 Å². The number of rotatable bonds is 4. The third-order valence-corrected chi connectivity index (χ3v) is 7.69. The lowest BCUT2D eigenvalue weighted by Crippen LogP contribution is -2.41. The van der Waals surface area contributed by atoms with E-state index in [0.717, 1.165) is 44.6 Å². The van der Waals surface area contributed by atoms with Gasteiger partial charge in [0.25, 0.3) is 0 Å². The molecule has 4 aliphatic rings. The first-order valence-electron chi connectivity index (χ1n) is 11.7. The number of carboxylic acids is 2. The molecular formula is C24H31FN2O7. The first-order chi connectivity index (χ1) is 16.2. The van der Waals surface area contributed by atoms with E-state index in [2.05, 4.69) is 4.90 Å². The van der Waals surface area contributed by atoms with E-state index in [0.29, 0.717) is 5.92 Å². The minimum atomic E-state index is -2.27. The summed E-state index contributed by atoms with van der Waals surface area (Å²) in [5.41, 5.74) is 1.38. The predicted octanol–water partition coefficient (Wildman–Crippen LogP) is 1.48. The number of amidine groups is 1. The molecule has 2 saturated carbocycles. The number of ether oxygens (including phenoxy) is 1. The van der Waals surface area contributed by atoms with E-state index in [-0.39, 0.29) is 11.4 Å². The standard InChI is InChI=1S/C20H25FN2O.C4H6O6/c21-17-5-2-14(3-6-17)19-15-1-4-16(13-15)20(19)8-7-18(22-20)23-9-11-24-12-10-23;5-1(3(7)8)2(6)4(9)10/h2-3,5-6,15-16,19H,1,4,7-13H2;1-2,5-6H,(H,7,8)(H,9,10). The van der Waals surface area contributed by atoms with E-state index in [1.807, 2.05) is 12.1 Å². The smallest absolute Gasteiger partial charge is 0.335 e. The molecule has 1 saturated heterocycles. The van der Waals surface area contributed by atoms with Crippen LogP contribution in [-0.4, -0.2) is 87.2 Å². The first-order valence-corrected chi connectivity index (χ1v) is 11.7. The zero-order valence-corrected chi connectivity index (χ0v) is 18.8. The number of aliphatic carboxylic acids is 2. The van der Waals surface area contributed by atoms with Crippen LogP contribution in [0.15, 0.2) is 29.3 Å². The molecule has 34 heavy (non-hydrogen) atoms. The van der Waals surface area contributed by atoms with Crippen molar-refractivity contribution in [2.24, 2.45) is 16.8 Å². The number of halogens is 1. The molecule has 0 amide bonds. The summed E-state index contributed by atoms with van der Waals surface area (Å²) in [7, 11) is 0. The van der Waals surface area contributed by atoms with Crippen molar-refractivity contribution in [1.82, 2.24) is 4.90 Å². The fourth-order valence-electron chi connectivity index (χ4n) is 6.17. The molecule has 0 radical (unpaired) electrons. The van der Waals surface area contributed by atoms with Crippen LogP contribution in [0.1, 0.15) is 43.6 Å². The largest absolute Gasteiger partial charge is 0.479 e. The van der Waals surface area contributed by atoms with Crippen LogP contribution < -0.4 is 0 Å². The van der Waals surface area contributed by atoms with Crippen molar-refractivity contribution in [3.8, 4) is 0 Å². The lowest BCUT2D eigenvalue weighted by atomic mass is 9.69. The Morgan fingerprint density at radius 1 is 1.06 bits per heavy atom. The normalized spacial score (nSPS) is 31.6. The van der Waals surface area contributed by atoms with E-state index < -0.39 is 24.1 Å². The highest BCUT2D eigenvalue weighted by Crippen LogP contribution is 2.63. The third kappa shape index (κ3) is 4.67. The Morgan fingerprint density at radius 2 is 1.68 bits per heavy atom. The van der Waals surface area contributed by atoms with Gasteiger partial charge < -0.3 is 30.1 Å². The summed E-state index contributed by atoms with van der Waals surface area (Å²) in [4.78, 5) is 27.4. The highest BCUT2D eigenvalue weighted by molar-refractivity contribution is 5.85. The summed E-state index contributed by atoms with van der Waals surface area (Å²) in [5.74, 6) is -0.442. The van der Waals surface area contributed by atoms with Crippen LogP contribution in [0.5, 0.6) is 0 Å². The van der Waals surface area contributed by atoms with Crippen molar-refractivity contribution in [2.75, 3.05) is 26.3 Å². The molecule has 9 nitrogen and oxygen atoms in total. The topological polar surface area (TPSA) is 140 Å². The minimum Gasteiger partial charge on any atom is -0.479 e. The van der Waals surface area contributed by atoms with Crippen molar-refractivity contribution in [3.05, 3.63) is 35.6 Å². The van der Waals surface area contributed by atoms with Gasteiger partial charge in [0.2, 0.25) is 0 Å². The second-order valence-electron chi connectivity index (χ2n) is 9.48. The quantitative estimate of drug-likeness (QED) is 0.510. The van der Waals surface area contributed by atoms with Gasteiger partial charge in [0.05, 0.1) is 24.6 Å². The van der Waals surface area contributed by atoms with Crippen molar-refractivity contribution in [2.45, 2.75) is 55.8 Å². The molecule has 1 aromatic rings. The molecule has 2 aliphatic heterocycles. The average Bonchev–Trinajstić information content (AvgIpc) is 3.55. The van der Waals surface area contributed by atoms with Crippen molar-refractivity contribution in [3.63, 3.8) is 0 Å². The number of aliphatic hydroxyl groups is 2. The number of fused-ring (bicyclic) bond motifs is 3. The summed E-state index contributed by atoms with van der Waals surface area (Å²) < 4.78 is 18.9. The Labute approximate surface area is 196 Å². The van der Waals surface area contributed by atoms with Crippen molar-refractivity contribution in [1.29, 1.82) is 0 Å². The first kappa shape index (κ1) is 24.6. The molecule has 4 N–H and O–H groups in total. The fourth-order valence-corrected chi connectivity index (χ4v) is 6.17. The number of benzene rings is 1. The minimum absolute atomic E-state index is 0.0778. The van der Waals surface area contributed by atoms with Crippen LogP contribution >= 0.6 is 0 Å². The Bertz CT molecular complexity index is 916. The molecule has 3 fully saturated rings. The molecule has 2 aliphatic carbocycles. The number of carboxylic acid groups (broad SMARTS) is 2. The van der Waals surface area contributed by atoms with Crippen LogP contribution in [0.25, 0.3) is 0 Å². The number of hydrogen-bond donors (Lipinski definition) is 4. The van der Waals surface area contributed by atoms with Gasteiger partial charge in [0.1, 0.15) is 5.82 Å².